The van der Waals surface area contributed by atoms with Gasteiger partial charge in [-0.05, 0) is 12.1 Å². The third-order valence-corrected chi connectivity index (χ3v) is 1.99. The van der Waals surface area contributed by atoms with Crippen molar-refractivity contribution in [2.45, 2.75) is 13.3 Å². The van der Waals surface area contributed by atoms with Crippen LogP contribution in [0.2, 0.25) is 0 Å². The molecular weight excluding hydrogens is 220 g/mol. The number of rotatable bonds is 5. The molecule has 0 unspecified atom stereocenters. The number of para-hydroxylation sites is 1. The summed E-state index contributed by atoms with van der Waals surface area (Å²) in [4.78, 5) is 22.2. The summed E-state index contributed by atoms with van der Waals surface area (Å²) < 4.78 is 4.98. The fourth-order valence-corrected chi connectivity index (χ4v) is 1.12. The maximum absolute atomic E-state index is 11.3. The van der Waals surface area contributed by atoms with Gasteiger partial charge < -0.3 is 15.4 Å². The smallest absolute Gasteiger partial charge is 0.410 e. The van der Waals surface area contributed by atoms with E-state index in [0.717, 1.165) is 0 Å². The quantitative estimate of drug-likeness (QED) is 0.757. The van der Waals surface area contributed by atoms with Crippen molar-refractivity contribution in [3.8, 4) is 5.75 Å². The predicted octanol–water partition coefficient (Wildman–Crippen LogP) is 1.30. The van der Waals surface area contributed by atoms with Crippen LogP contribution in [0.3, 0.4) is 0 Å². The highest BCUT2D eigenvalue weighted by Crippen LogP contribution is 2.07. The van der Waals surface area contributed by atoms with Crippen LogP contribution < -0.4 is 15.4 Å². The van der Waals surface area contributed by atoms with Crippen LogP contribution in [0.15, 0.2) is 30.3 Å². The number of ether oxygens (including phenoxy) is 1. The lowest BCUT2D eigenvalue weighted by Crippen LogP contribution is -2.35. The Morgan fingerprint density at radius 2 is 1.76 bits per heavy atom. The molecule has 0 heterocycles. The van der Waals surface area contributed by atoms with Gasteiger partial charge in [-0.2, -0.15) is 0 Å². The molecule has 0 aliphatic rings. The summed E-state index contributed by atoms with van der Waals surface area (Å²) in [7, 11) is 0. The Labute approximate surface area is 100 Å². The molecular formula is C12H16N2O3. The minimum atomic E-state index is -0.526. The second-order valence-electron chi connectivity index (χ2n) is 3.33. The summed E-state index contributed by atoms with van der Waals surface area (Å²) in [6, 6.07) is 8.79. The van der Waals surface area contributed by atoms with E-state index in [0.29, 0.717) is 25.3 Å². The van der Waals surface area contributed by atoms with Gasteiger partial charge in [0.05, 0.1) is 0 Å². The third-order valence-electron chi connectivity index (χ3n) is 1.99. The molecule has 1 rings (SSSR count). The second-order valence-corrected chi connectivity index (χ2v) is 3.33. The number of nitrogens with one attached hydrogen (secondary N) is 2. The number of carbonyl (C=O) groups excluding carboxylic acids is 2. The largest absolute Gasteiger partial charge is 0.412 e. The van der Waals surface area contributed by atoms with Gasteiger partial charge in [0.25, 0.3) is 0 Å². The maximum atomic E-state index is 11.3. The van der Waals surface area contributed by atoms with Crippen LogP contribution in [0.1, 0.15) is 13.3 Å². The Morgan fingerprint density at radius 1 is 1.12 bits per heavy atom. The van der Waals surface area contributed by atoms with Crippen molar-refractivity contribution in [2.24, 2.45) is 0 Å². The van der Waals surface area contributed by atoms with E-state index in [9.17, 15) is 9.59 Å². The number of amides is 2. The summed E-state index contributed by atoms with van der Waals surface area (Å²) in [6.45, 7) is 2.51. The molecule has 0 aliphatic carbocycles. The molecule has 0 saturated carbocycles. The predicted molar refractivity (Wildman–Crippen MR) is 63.8 cm³/mol. The van der Waals surface area contributed by atoms with E-state index in [1.807, 2.05) is 6.07 Å². The lowest BCUT2D eigenvalue weighted by molar-refractivity contribution is -0.120. The van der Waals surface area contributed by atoms with E-state index < -0.39 is 6.09 Å². The summed E-state index contributed by atoms with van der Waals surface area (Å²) in [6.07, 6.45) is -0.0870. The summed E-state index contributed by atoms with van der Waals surface area (Å²) >= 11 is 0. The van der Waals surface area contributed by atoms with E-state index in [1.54, 1.807) is 31.2 Å². The van der Waals surface area contributed by atoms with Crippen LogP contribution >= 0.6 is 0 Å². The van der Waals surface area contributed by atoms with Gasteiger partial charge in [0.15, 0.2) is 0 Å². The SMILES string of the molecule is CCC(=O)NCCNC(=O)Oc1ccccc1. The number of hydrogen-bond donors (Lipinski definition) is 2. The van der Waals surface area contributed by atoms with Crippen LogP contribution in [0.25, 0.3) is 0 Å². The van der Waals surface area contributed by atoms with Crippen molar-refractivity contribution >= 4 is 12.0 Å². The lowest BCUT2D eigenvalue weighted by Gasteiger charge is -2.07. The molecule has 0 aromatic heterocycles. The zero-order chi connectivity index (χ0) is 12.5. The first-order valence-corrected chi connectivity index (χ1v) is 5.49. The Kier molecular flexibility index (Phi) is 5.57. The molecule has 5 nitrogen and oxygen atoms in total. The van der Waals surface area contributed by atoms with Crippen LogP contribution in [-0.2, 0) is 4.79 Å². The van der Waals surface area contributed by atoms with Crippen LogP contribution in [0.5, 0.6) is 5.75 Å². The molecule has 0 aliphatic heterocycles. The van der Waals surface area contributed by atoms with E-state index in [4.69, 9.17) is 4.74 Å². The zero-order valence-electron chi connectivity index (χ0n) is 9.73. The number of benzene rings is 1. The Bertz CT molecular complexity index is 365. The molecule has 17 heavy (non-hydrogen) atoms. The van der Waals surface area contributed by atoms with Gasteiger partial charge in [-0.1, -0.05) is 25.1 Å². The van der Waals surface area contributed by atoms with Crippen molar-refractivity contribution in [2.75, 3.05) is 13.1 Å². The maximum Gasteiger partial charge on any atom is 0.412 e. The Hall–Kier alpha value is -2.04. The molecule has 0 radical (unpaired) electrons. The monoisotopic (exact) mass is 236 g/mol. The number of carbonyl (C=O) groups is 2. The van der Waals surface area contributed by atoms with Crippen LogP contribution in [0.4, 0.5) is 4.79 Å². The van der Waals surface area contributed by atoms with E-state index in [-0.39, 0.29) is 5.91 Å². The minimum Gasteiger partial charge on any atom is -0.410 e. The van der Waals surface area contributed by atoms with Crippen molar-refractivity contribution in [3.05, 3.63) is 30.3 Å². The third kappa shape index (κ3) is 5.55. The highest BCUT2D eigenvalue weighted by Gasteiger charge is 2.02. The van der Waals surface area contributed by atoms with Gasteiger partial charge in [0, 0.05) is 19.5 Å². The summed E-state index contributed by atoms with van der Waals surface area (Å²) in [5.74, 6) is 0.450. The zero-order valence-corrected chi connectivity index (χ0v) is 9.73. The molecule has 92 valence electrons. The Balaban J connectivity index is 2.16. The summed E-state index contributed by atoms with van der Waals surface area (Å²) in [5.41, 5.74) is 0. The average Bonchev–Trinajstić information content (AvgIpc) is 2.35. The second kappa shape index (κ2) is 7.27. The minimum absolute atomic E-state index is 0.0387. The van der Waals surface area contributed by atoms with Gasteiger partial charge in [-0.3, -0.25) is 4.79 Å². The fraction of sp³-hybridized carbons (Fsp3) is 0.333. The highest BCUT2D eigenvalue weighted by atomic mass is 16.6. The summed E-state index contributed by atoms with van der Waals surface area (Å²) in [5, 5.41) is 5.18. The van der Waals surface area contributed by atoms with Crippen molar-refractivity contribution in [3.63, 3.8) is 0 Å². The van der Waals surface area contributed by atoms with Gasteiger partial charge in [0.2, 0.25) is 5.91 Å². The lowest BCUT2D eigenvalue weighted by atomic mass is 10.3. The molecule has 0 saturated heterocycles. The van der Waals surface area contributed by atoms with Gasteiger partial charge in [-0.15, -0.1) is 0 Å². The molecule has 0 fully saturated rings. The molecule has 1 aromatic carbocycles. The van der Waals surface area contributed by atoms with Gasteiger partial charge in [0.1, 0.15) is 5.75 Å². The van der Waals surface area contributed by atoms with Crippen LogP contribution in [0, 0.1) is 0 Å². The van der Waals surface area contributed by atoms with Crippen molar-refractivity contribution in [1.82, 2.24) is 10.6 Å². The van der Waals surface area contributed by atoms with E-state index in [2.05, 4.69) is 10.6 Å². The normalized spacial score (nSPS) is 9.47. The molecule has 2 amide bonds. The van der Waals surface area contributed by atoms with Gasteiger partial charge in [-0.25, -0.2) is 4.79 Å². The molecule has 0 atom stereocenters. The Morgan fingerprint density at radius 3 is 2.41 bits per heavy atom. The highest BCUT2D eigenvalue weighted by molar-refractivity contribution is 5.75. The van der Waals surface area contributed by atoms with Gasteiger partial charge >= 0.3 is 6.09 Å². The molecule has 0 spiro atoms. The standard InChI is InChI=1S/C12H16N2O3/c1-2-11(15)13-8-9-14-12(16)17-10-6-4-3-5-7-10/h3-7H,2,8-9H2,1H3,(H,13,15)(H,14,16). The van der Waals surface area contributed by atoms with E-state index in [1.165, 1.54) is 0 Å². The van der Waals surface area contributed by atoms with Crippen molar-refractivity contribution in [1.29, 1.82) is 0 Å². The molecule has 1 aromatic rings. The molecule has 5 heteroatoms. The van der Waals surface area contributed by atoms with E-state index >= 15 is 0 Å². The first-order valence-electron chi connectivity index (χ1n) is 5.49. The van der Waals surface area contributed by atoms with Crippen molar-refractivity contribution < 1.29 is 14.3 Å². The first kappa shape index (κ1) is 13.0. The molecule has 2 N–H and O–H groups in total. The topological polar surface area (TPSA) is 67.4 Å². The molecule has 0 bridgehead atoms. The first-order chi connectivity index (χ1) is 8.22. The average molecular weight is 236 g/mol. The number of hydrogen-bond acceptors (Lipinski definition) is 3. The van der Waals surface area contributed by atoms with Crippen LogP contribution in [-0.4, -0.2) is 25.1 Å². The fourth-order valence-electron chi connectivity index (χ4n) is 1.12.